The molecule has 12 rings (SSSR count). The van der Waals surface area contributed by atoms with Gasteiger partial charge in [0.15, 0.2) is 22.0 Å². The second kappa shape index (κ2) is 24.5. The number of fused-ring (bicyclic) bond motifs is 2. The van der Waals surface area contributed by atoms with E-state index in [2.05, 4.69) is 50.3 Å². The van der Waals surface area contributed by atoms with Crippen LogP contribution in [0.5, 0.6) is 11.5 Å². The van der Waals surface area contributed by atoms with E-state index < -0.39 is 35.9 Å². The highest BCUT2D eigenvalue weighted by Gasteiger charge is 2.44. The summed E-state index contributed by atoms with van der Waals surface area (Å²) in [7, 11) is 0. The first-order valence-corrected chi connectivity index (χ1v) is 30.3. The maximum atomic E-state index is 15.0. The topological polar surface area (TPSA) is 203 Å². The van der Waals surface area contributed by atoms with Gasteiger partial charge in [0.25, 0.3) is 5.91 Å². The van der Waals surface area contributed by atoms with Crippen LogP contribution in [0.2, 0.25) is 5.02 Å². The fraction of sp³-hybridized carbons (Fsp3) is 0.258. The Morgan fingerprint density at radius 3 is 1.71 bits per heavy atom. The summed E-state index contributed by atoms with van der Waals surface area (Å²) in [5.41, 5.74) is 10.1. The fourth-order valence-electron chi connectivity index (χ4n) is 11.3. The van der Waals surface area contributed by atoms with E-state index in [1.54, 1.807) is 12.1 Å². The molecule has 2 saturated heterocycles. The molecule has 0 saturated carbocycles. The molecule has 2 fully saturated rings. The number of benzene rings is 6. The van der Waals surface area contributed by atoms with Gasteiger partial charge in [-0.25, -0.2) is 28.9 Å². The zero-order valence-corrected chi connectivity index (χ0v) is 49.8. The summed E-state index contributed by atoms with van der Waals surface area (Å²) in [4.78, 5) is 77.6. The molecule has 6 amide bonds. The maximum absolute atomic E-state index is 15.0. The lowest BCUT2D eigenvalue weighted by Crippen LogP contribution is -2.39. The Morgan fingerprint density at radius 2 is 1.19 bits per heavy atom. The fourth-order valence-corrected chi connectivity index (χ4v) is 13.6. The molecule has 3 unspecified atom stereocenters. The second-order valence-corrected chi connectivity index (χ2v) is 23.9. The van der Waals surface area contributed by atoms with Crippen molar-refractivity contribution in [2.75, 3.05) is 15.6 Å². The van der Waals surface area contributed by atoms with Crippen LogP contribution in [0, 0.1) is 13.8 Å². The van der Waals surface area contributed by atoms with E-state index in [0.29, 0.717) is 90.5 Å². The van der Waals surface area contributed by atoms with E-state index in [1.807, 2.05) is 75.4 Å². The number of ether oxygens (including phenoxy) is 2. The number of aromatic nitrogens is 6. The van der Waals surface area contributed by atoms with E-state index in [9.17, 15) is 45.5 Å². The maximum Gasteiger partial charge on any atom is 0.573 e. The Balaban J connectivity index is 0.726. The second-order valence-electron chi connectivity index (χ2n) is 21.4. The molecule has 4 heterocycles. The quantitative estimate of drug-likeness (QED) is 0.110. The third-order valence-corrected chi connectivity index (χ3v) is 17.9. The van der Waals surface area contributed by atoms with E-state index in [1.165, 1.54) is 80.3 Å². The molecule has 89 heavy (non-hydrogen) atoms. The van der Waals surface area contributed by atoms with Gasteiger partial charge in [-0.2, -0.15) is 9.98 Å². The Bertz CT molecular complexity index is 4180. The highest BCUT2D eigenvalue weighted by atomic mass is 35.5. The van der Waals surface area contributed by atoms with Crippen molar-refractivity contribution >= 4 is 80.7 Å². The van der Waals surface area contributed by atoms with Crippen molar-refractivity contribution in [2.24, 2.45) is 9.98 Å². The average molecular weight is 1270 g/mol. The van der Waals surface area contributed by atoms with Gasteiger partial charge < -0.3 is 20.1 Å². The number of halogens is 7. The molecule has 0 bridgehead atoms. The molecular weight excluding hydrogens is 1220 g/mol. The summed E-state index contributed by atoms with van der Waals surface area (Å²) in [6, 6.07) is 29.2. The lowest BCUT2D eigenvalue weighted by atomic mass is 9.87. The van der Waals surface area contributed by atoms with Crippen molar-refractivity contribution in [3.63, 3.8) is 0 Å². The number of urea groups is 2. The van der Waals surface area contributed by atoms with Crippen LogP contribution in [0.3, 0.4) is 0 Å². The van der Waals surface area contributed by atoms with Crippen molar-refractivity contribution in [2.45, 2.75) is 95.8 Å². The minimum Gasteiger partial charge on any atom is -0.406 e. The molecule has 27 heteroatoms. The minimum absolute atomic E-state index is 0.0182. The number of thioether (sulfide) groups is 2. The highest BCUT2D eigenvalue weighted by molar-refractivity contribution is 8.16. The summed E-state index contributed by atoms with van der Waals surface area (Å²) in [6.45, 7) is 5.62. The van der Waals surface area contributed by atoms with Gasteiger partial charge in [-0.3, -0.25) is 19.4 Å². The summed E-state index contributed by atoms with van der Waals surface area (Å²) in [5, 5.41) is 14.8. The van der Waals surface area contributed by atoms with Gasteiger partial charge in [0.1, 0.15) is 29.4 Å². The number of alkyl halides is 6. The van der Waals surface area contributed by atoms with E-state index in [0.717, 1.165) is 68.0 Å². The van der Waals surface area contributed by atoms with Crippen LogP contribution in [-0.4, -0.2) is 94.3 Å². The molecule has 2 aliphatic heterocycles. The molecule has 3 atom stereocenters. The standard InChI is InChI=1S/C62H51ClF6N12O6S2/c1-4-35-12-23-48(34(3)52(35)81-51(82)30-88-59(81)74-57(84)72-42-13-10-36-26-40(8-6-38(36)28-42)54-70-31-78(76-54)44-15-19-46(20-16-44)86-61(64,65)66)53-56(83)80(50-25-33(2)5-24-49(50)63)60(89-53)75-58(85)73-43-14-11-37-27-41(9-7-39(37)29-43)55-71-32-79(77-55)45-17-21-47(22-18-45)87-62(67,68)69/h5-9,12,15-27,31-32,42-43,53H,4,10-11,13-14,28-30H2,1-3H3,(H,72,84)(H,73,85). The number of hydrogen-bond acceptors (Lipinski definition) is 12. The van der Waals surface area contributed by atoms with Crippen LogP contribution in [0.4, 0.5) is 47.3 Å². The predicted molar refractivity (Wildman–Crippen MR) is 325 cm³/mol. The predicted octanol–water partition coefficient (Wildman–Crippen LogP) is 13.0. The molecule has 456 valence electrons. The Morgan fingerprint density at radius 1 is 0.663 bits per heavy atom. The van der Waals surface area contributed by atoms with Crippen LogP contribution >= 0.6 is 35.1 Å². The van der Waals surface area contributed by atoms with Crippen molar-refractivity contribution < 1.29 is 55.0 Å². The molecule has 8 aromatic rings. The summed E-state index contributed by atoms with van der Waals surface area (Å²) in [5.74, 6) is -0.576. The first-order valence-electron chi connectivity index (χ1n) is 28.0. The lowest BCUT2D eigenvalue weighted by Gasteiger charge is -2.26. The van der Waals surface area contributed by atoms with Gasteiger partial charge in [0.2, 0.25) is 5.91 Å². The minimum atomic E-state index is -4.81. The summed E-state index contributed by atoms with van der Waals surface area (Å²) >= 11 is 9.04. The number of aliphatic imine (C=N–C) groups is 2. The molecule has 18 nitrogen and oxygen atoms in total. The van der Waals surface area contributed by atoms with E-state index in [-0.39, 0.29) is 50.6 Å². The molecule has 0 spiro atoms. The van der Waals surface area contributed by atoms with Crippen molar-refractivity contribution in [3.05, 3.63) is 177 Å². The first-order chi connectivity index (χ1) is 42.6. The van der Waals surface area contributed by atoms with Crippen molar-refractivity contribution in [1.82, 2.24) is 40.2 Å². The van der Waals surface area contributed by atoms with Gasteiger partial charge in [0.05, 0.1) is 33.5 Å². The van der Waals surface area contributed by atoms with Gasteiger partial charge >= 0.3 is 24.8 Å². The number of rotatable bonds is 12. The van der Waals surface area contributed by atoms with Crippen LogP contribution < -0.4 is 29.9 Å². The third kappa shape index (κ3) is 13.2. The number of carbonyl (C=O) groups excluding carboxylic acids is 4. The Labute approximate surface area is 517 Å². The number of hydrogen-bond donors (Lipinski definition) is 2. The third-order valence-electron chi connectivity index (χ3n) is 15.5. The van der Waals surface area contributed by atoms with Crippen LogP contribution in [0.25, 0.3) is 34.2 Å². The Kier molecular flexibility index (Phi) is 16.6. The van der Waals surface area contributed by atoms with Crippen LogP contribution in [0.15, 0.2) is 138 Å². The van der Waals surface area contributed by atoms with Crippen LogP contribution in [0.1, 0.15) is 69.5 Å². The van der Waals surface area contributed by atoms with Gasteiger partial charge in [-0.1, -0.05) is 84.5 Å². The monoisotopic (exact) mass is 1270 g/mol. The molecule has 2 aromatic heterocycles. The largest absolute Gasteiger partial charge is 0.573 e. The number of amides is 6. The van der Waals surface area contributed by atoms with Gasteiger partial charge in [-0.15, -0.1) is 36.5 Å². The molecule has 2 aliphatic carbocycles. The number of anilines is 2. The molecular formula is C62H51ClF6N12O6S2. The van der Waals surface area contributed by atoms with Crippen LogP contribution in [-0.2, 0) is 41.7 Å². The molecule has 6 aromatic carbocycles. The first kappa shape index (κ1) is 60.3. The molecule has 4 aliphatic rings. The van der Waals surface area contributed by atoms with Gasteiger partial charge in [-0.05, 0) is 176 Å². The highest BCUT2D eigenvalue weighted by Crippen LogP contribution is 2.47. The molecule has 2 N–H and O–H groups in total. The van der Waals surface area contributed by atoms with Gasteiger partial charge in [0, 0.05) is 23.2 Å². The number of aryl methyl sites for hydroxylation is 4. The van der Waals surface area contributed by atoms with Crippen molar-refractivity contribution in [1.29, 1.82) is 0 Å². The van der Waals surface area contributed by atoms with Crippen molar-refractivity contribution in [3.8, 4) is 45.6 Å². The number of nitrogens with zero attached hydrogens (tertiary/aromatic N) is 10. The summed E-state index contributed by atoms with van der Waals surface area (Å²) < 4.78 is 87.0. The normalized spacial score (nSPS) is 18.6. The zero-order valence-electron chi connectivity index (χ0n) is 47.4. The Hall–Kier alpha value is -9.01. The number of amidine groups is 2. The smallest absolute Gasteiger partial charge is 0.406 e. The average Bonchev–Trinajstić information content (AvgIpc) is 2.10. The summed E-state index contributed by atoms with van der Waals surface area (Å²) in [6.07, 6.45) is -2.80. The lowest BCUT2D eigenvalue weighted by molar-refractivity contribution is -0.275. The number of nitrogens with one attached hydrogen (secondary N) is 2. The zero-order chi connectivity index (χ0) is 62.5. The SMILES string of the molecule is CCc1ccc(C2SC(=NC(=O)NC3CCc4cc(-c5ncn(-c6ccc(OC(F)(F)F)cc6)n5)ccc4C3)N(c3cc(C)ccc3Cl)C2=O)c(C)c1N1C(=O)CSC1=NC(=O)NC1CCc2cc(-c3ncn(-c4ccc(OC(F)(F)F)cc4)n3)ccc2C1. The van der Waals surface area contributed by atoms with E-state index >= 15 is 0 Å². The van der Waals surface area contributed by atoms with E-state index in [4.69, 9.17) is 11.6 Å². The number of carbonyl (C=O) groups is 4. The molecule has 0 radical (unpaired) electrons.